The summed E-state index contributed by atoms with van der Waals surface area (Å²) in [6, 6.07) is 29.5. The Balaban J connectivity index is 1.20. The lowest BCUT2D eigenvalue weighted by Gasteiger charge is -2.35. The number of aliphatic imine (C=N–C) groups is 1. The van der Waals surface area contributed by atoms with Crippen molar-refractivity contribution in [1.29, 1.82) is 0 Å². The number of ketones is 1. The first kappa shape index (κ1) is 38.2. The van der Waals surface area contributed by atoms with E-state index in [0.717, 1.165) is 16.7 Å². The van der Waals surface area contributed by atoms with E-state index in [9.17, 15) is 19.2 Å². The fourth-order valence-electron chi connectivity index (χ4n) is 6.24. The number of cyclic esters (lactones) is 1. The minimum absolute atomic E-state index is 0.124. The number of allylic oxidation sites excluding steroid dienone is 1. The van der Waals surface area contributed by atoms with Crippen molar-refractivity contribution in [2.24, 2.45) is 10.9 Å². The standard InChI is InChI=1S/C41H42N4O5S3/c1-27(2)36-38(48)50-32(22-34(47)42-23-35-43-33(25-51-35)37-45-40(3,26-52-37)39(49)44-36)21-13-20-31(46)24-53-41(28-14-7-4-8-15-28,29-16-9-5-10-17-29)30-18-11-6-12-19-30/h4-20,25,27,32,36H,21-24,26H2,1-3H3,(H,42,47)(H,44,49)/t32-,36?,40+/m1/s1. The van der Waals surface area contributed by atoms with E-state index in [4.69, 9.17) is 9.73 Å². The number of hydrogen-bond donors (Lipinski definition) is 2. The van der Waals surface area contributed by atoms with Gasteiger partial charge in [0.25, 0.3) is 0 Å². The van der Waals surface area contributed by atoms with Crippen LogP contribution in [0.3, 0.4) is 0 Å². The summed E-state index contributed by atoms with van der Waals surface area (Å²) in [5.41, 5.74) is 2.74. The summed E-state index contributed by atoms with van der Waals surface area (Å²) in [7, 11) is 0. The molecule has 2 aliphatic heterocycles. The minimum Gasteiger partial charge on any atom is -0.460 e. The summed E-state index contributed by atoms with van der Waals surface area (Å²) in [4.78, 5) is 63.2. The Labute approximate surface area is 322 Å². The number of ether oxygens (including phenoxy) is 1. The molecule has 0 saturated heterocycles. The van der Waals surface area contributed by atoms with Crippen LogP contribution in [-0.4, -0.2) is 62.8 Å². The van der Waals surface area contributed by atoms with Crippen LogP contribution in [-0.2, 0) is 35.2 Å². The highest BCUT2D eigenvalue weighted by atomic mass is 32.2. The largest absolute Gasteiger partial charge is 0.460 e. The van der Waals surface area contributed by atoms with Crippen molar-refractivity contribution in [3.8, 4) is 0 Å². The third-order valence-corrected chi connectivity index (χ3v) is 12.8. The molecule has 1 unspecified atom stereocenters. The Bertz CT molecular complexity index is 1890. The molecule has 53 heavy (non-hydrogen) atoms. The molecule has 2 amide bonds. The second-order valence-corrected chi connectivity index (χ2v) is 16.6. The van der Waals surface area contributed by atoms with Gasteiger partial charge in [-0.3, -0.25) is 19.4 Å². The zero-order valence-corrected chi connectivity index (χ0v) is 32.3. The summed E-state index contributed by atoms with van der Waals surface area (Å²) >= 11 is 4.37. The van der Waals surface area contributed by atoms with E-state index < -0.39 is 28.4 Å². The van der Waals surface area contributed by atoms with Crippen LogP contribution in [0, 0.1) is 5.92 Å². The average Bonchev–Trinajstić information content (AvgIpc) is 3.81. The molecule has 0 saturated carbocycles. The van der Waals surface area contributed by atoms with Gasteiger partial charge >= 0.3 is 5.97 Å². The topological polar surface area (TPSA) is 127 Å². The number of thiazole rings is 1. The zero-order valence-electron chi connectivity index (χ0n) is 29.8. The van der Waals surface area contributed by atoms with Crippen LogP contribution < -0.4 is 10.6 Å². The maximum atomic E-state index is 13.6. The number of thioether (sulfide) groups is 2. The van der Waals surface area contributed by atoms with Crippen molar-refractivity contribution >= 4 is 63.5 Å². The highest BCUT2D eigenvalue weighted by molar-refractivity contribution is 8.14. The number of hydrogen-bond acceptors (Lipinski definition) is 10. The Morgan fingerprint density at radius 3 is 2.17 bits per heavy atom. The van der Waals surface area contributed by atoms with Crippen LogP contribution >= 0.6 is 34.9 Å². The minimum atomic E-state index is -1.08. The molecule has 0 aliphatic carbocycles. The molecular formula is C41H42N4O5S3. The van der Waals surface area contributed by atoms with Crippen LogP contribution in [0.5, 0.6) is 0 Å². The van der Waals surface area contributed by atoms with E-state index in [0.29, 0.717) is 21.5 Å². The molecule has 0 radical (unpaired) electrons. The van der Waals surface area contributed by atoms with Gasteiger partial charge in [-0.1, -0.05) is 111 Å². The highest BCUT2D eigenvalue weighted by Crippen LogP contribution is 2.48. The van der Waals surface area contributed by atoms with E-state index in [1.165, 1.54) is 29.2 Å². The normalized spacial score (nSPS) is 21.2. The van der Waals surface area contributed by atoms with Gasteiger partial charge in [-0.25, -0.2) is 9.78 Å². The molecule has 3 aromatic carbocycles. The predicted octanol–water partition coefficient (Wildman–Crippen LogP) is 6.71. The molecule has 1 aromatic heterocycles. The quantitative estimate of drug-likeness (QED) is 0.104. The van der Waals surface area contributed by atoms with E-state index in [1.807, 2.05) is 73.8 Å². The fourth-order valence-corrected chi connectivity index (χ4v) is 9.53. The van der Waals surface area contributed by atoms with Gasteiger partial charge in [-0.15, -0.1) is 34.9 Å². The number of aromatic nitrogens is 1. The van der Waals surface area contributed by atoms with Crippen molar-refractivity contribution in [3.05, 3.63) is 136 Å². The first-order chi connectivity index (χ1) is 25.6. The number of esters is 1. The first-order valence-corrected chi connectivity index (χ1v) is 20.4. The predicted molar refractivity (Wildman–Crippen MR) is 213 cm³/mol. The number of carbonyl (C=O) groups excluding carboxylic acids is 4. The first-order valence-electron chi connectivity index (χ1n) is 17.5. The lowest BCUT2D eigenvalue weighted by molar-refractivity contribution is -0.155. The third kappa shape index (κ3) is 9.00. The van der Waals surface area contributed by atoms with Crippen molar-refractivity contribution in [3.63, 3.8) is 0 Å². The van der Waals surface area contributed by atoms with E-state index in [-0.39, 0.29) is 48.7 Å². The van der Waals surface area contributed by atoms with Gasteiger partial charge in [-0.2, -0.15) is 0 Å². The number of fused-ring (bicyclic) bond motifs is 4. The molecule has 3 atom stereocenters. The number of amides is 2. The fraction of sp³-hybridized carbons (Fsp3) is 0.317. The zero-order chi connectivity index (χ0) is 37.4. The van der Waals surface area contributed by atoms with E-state index >= 15 is 0 Å². The molecule has 4 aromatic rings. The van der Waals surface area contributed by atoms with Crippen molar-refractivity contribution in [1.82, 2.24) is 15.6 Å². The highest BCUT2D eigenvalue weighted by Gasteiger charge is 2.42. The van der Waals surface area contributed by atoms with Crippen LogP contribution in [0.1, 0.15) is 61.0 Å². The summed E-state index contributed by atoms with van der Waals surface area (Å²) in [6.07, 6.45) is 2.27. The Kier molecular flexibility index (Phi) is 12.3. The van der Waals surface area contributed by atoms with E-state index in [2.05, 4.69) is 52.0 Å². The molecule has 274 valence electrons. The van der Waals surface area contributed by atoms with Gasteiger partial charge in [-0.05, 0) is 35.6 Å². The summed E-state index contributed by atoms with van der Waals surface area (Å²) in [6.45, 7) is 5.58. The molecule has 4 bridgehead atoms. The van der Waals surface area contributed by atoms with Gasteiger partial charge in [0, 0.05) is 17.6 Å². The van der Waals surface area contributed by atoms with Gasteiger partial charge in [0.1, 0.15) is 33.4 Å². The van der Waals surface area contributed by atoms with Crippen LogP contribution in [0.15, 0.2) is 114 Å². The maximum Gasteiger partial charge on any atom is 0.329 e. The molecule has 3 heterocycles. The lowest BCUT2D eigenvalue weighted by atomic mass is 9.84. The molecular weight excluding hydrogens is 725 g/mol. The van der Waals surface area contributed by atoms with Crippen molar-refractivity contribution in [2.75, 3.05) is 11.5 Å². The smallest absolute Gasteiger partial charge is 0.329 e. The number of nitrogens with zero attached hydrogens (tertiary/aromatic N) is 2. The summed E-state index contributed by atoms with van der Waals surface area (Å²) < 4.78 is 5.26. The lowest BCUT2D eigenvalue weighted by Crippen LogP contribution is -2.53. The van der Waals surface area contributed by atoms with Crippen LogP contribution in [0.2, 0.25) is 0 Å². The van der Waals surface area contributed by atoms with Crippen molar-refractivity contribution < 1.29 is 23.9 Å². The van der Waals surface area contributed by atoms with Crippen LogP contribution in [0.4, 0.5) is 0 Å². The average molecular weight is 767 g/mol. The maximum absolute atomic E-state index is 13.6. The molecule has 0 spiro atoms. The Morgan fingerprint density at radius 1 is 0.981 bits per heavy atom. The SMILES string of the molecule is CC(C)C1NC(=O)[C@]2(C)CSC(=N2)c2csc(n2)CNC(=O)C[C@@H](CC=CC(=O)CSC(c2ccccc2)(c2ccccc2)c2ccccc2)OC1=O. The molecule has 6 rings (SSSR count). The molecule has 12 heteroatoms. The van der Waals surface area contributed by atoms with E-state index in [1.54, 1.807) is 24.8 Å². The number of rotatable bonds is 10. The van der Waals surface area contributed by atoms with Crippen molar-refractivity contribution in [2.45, 2.75) is 62.6 Å². The molecule has 9 nitrogen and oxygen atoms in total. The molecule has 2 aliphatic rings. The number of benzene rings is 3. The van der Waals surface area contributed by atoms with Gasteiger partial charge < -0.3 is 15.4 Å². The number of carbonyl (C=O) groups is 4. The third-order valence-electron chi connectivity index (χ3n) is 9.11. The molecule has 2 N–H and O–H groups in total. The van der Waals surface area contributed by atoms with Gasteiger partial charge in [0.05, 0.1) is 23.5 Å². The van der Waals surface area contributed by atoms with Gasteiger partial charge in [0.2, 0.25) is 11.8 Å². The Hall–Kier alpha value is -4.52. The van der Waals surface area contributed by atoms with Crippen LogP contribution in [0.25, 0.3) is 0 Å². The summed E-state index contributed by atoms with van der Waals surface area (Å²) in [5.74, 6) is -1.21. The monoisotopic (exact) mass is 766 g/mol. The van der Waals surface area contributed by atoms with Gasteiger partial charge in [0.15, 0.2) is 5.78 Å². The summed E-state index contributed by atoms with van der Waals surface area (Å²) in [5, 5.41) is 8.96. The number of nitrogens with one attached hydrogen (secondary N) is 2. The second-order valence-electron chi connectivity index (χ2n) is 13.5. The molecule has 0 fully saturated rings. The Morgan fingerprint density at radius 2 is 1.58 bits per heavy atom. The second kappa shape index (κ2) is 17.1.